The maximum absolute atomic E-state index is 13.2. The Morgan fingerprint density at radius 2 is 1.89 bits per heavy atom. The van der Waals surface area contributed by atoms with E-state index in [1.165, 1.54) is 12.1 Å². The molecule has 4 rings (SSSR count). The molecule has 6 N–H and O–H groups in total. The van der Waals surface area contributed by atoms with Crippen molar-refractivity contribution in [2.45, 2.75) is 69.6 Å². The molecule has 2 saturated heterocycles. The van der Waals surface area contributed by atoms with Crippen molar-refractivity contribution in [2.24, 2.45) is 5.92 Å². The molecule has 0 radical (unpaired) electrons. The Hall–Kier alpha value is -3.54. The van der Waals surface area contributed by atoms with Gasteiger partial charge in [-0.3, -0.25) is 24.7 Å². The number of para-hydroxylation sites is 1. The SMILES string of the molecule is CC1CC(Cc2cccnc2)NC(O)C(NC(=O)c2ccccc2O)C(C)NC(=O)C(C2CCO2)NC1=O. The molecule has 3 amide bonds. The normalized spacial score (nSPS) is 30.6. The third-order valence-corrected chi connectivity index (χ3v) is 7.08. The molecule has 204 valence electrons. The highest BCUT2D eigenvalue weighted by Crippen LogP contribution is 2.20. The molecule has 1 aromatic heterocycles. The molecule has 2 aliphatic rings. The monoisotopic (exact) mass is 525 g/mol. The van der Waals surface area contributed by atoms with Crippen molar-refractivity contribution in [1.29, 1.82) is 0 Å². The summed E-state index contributed by atoms with van der Waals surface area (Å²) < 4.78 is 5.53. The van der Waals surface area contributed by atoms with E-state index in [2.05, 4.69) is 26.3 Å². The van der Waals surface area contributed by atoms with Crippen LogP contribution in [0, 0.1) is 5.92 Å². The van der Waals surface area contributed by atoms with Gasteiger partial charge in [0.25, 0.3) is 5.91 Å². The molecule has 11 heteroatoms. The molecular weight excluding hydrogens is 490 g/mol. The van der Waals surface area contributed by atoms with E-state index in [9.17, 15) is 24.6 Å². The zero-order valence-electron chi connectivity index (χ0n) is 21.5. The van der Waals surface area contributed by atoms with Crippen LogP contribution in [0.15, 0.2) is 48.8 Å². The summed E-state index contributed by atoms with van der Waals surface area (Å²) >= 11 is 0. The number of carbonyl (C=O) groups is 3. The summed E-state index contributed by atoms with van der Waals surface area (Å²) in [6.45, 7) is 3.93. The number of aromatic nitrogens is 1. The summed E-state index contributed by atoms with van der Waals surface area (Å²) in [5.41, 5.74) is 0.951. The van der Waals surface area contributed by atoms with Crippen molar-refractivity contribution < 1.29 is 29.3 Å². The highest BCUT2D eigenvalue weighted by molar-refractivity contribution is 5.97. The molecule has 38 heavy (non-hydrogen) atoms. The van der Waals surface area contributed by atoms with Crippen molar-refractivity contribution in [3.8, 4) is 5.75 Å². The van der Waals surface area contributed by atoms with Crippen LogP contribution in [0.4, 0.5) is 0 Å². The minimum atomic E-state index is -1.30. The first-order valence-electron chi connectivity index (χ1n) is 12.9. The van der Waals surface area contributed by atoms with Gasteiger partial charge >= 0.3 is 0 Å². The lowest BCUT2D eigenvalue weighted by Crippen LogP contribution is -2.65. The number of hydrogen-bond donors (Lipinski definition) is 6. The van der Waals surface area contributed by atoms with E-state index in [0.29, 0.717) is 25.9 Å². The molecule has 2 fully saturated rings. The number of ether oxygens (including phenoxy) is 1. The molecular formula is C27H35N5O6. The highest BCUT2D eigenvalue weighted by atomic mass is 16.5. The third kappa shape index (κ3) is 6.66. The summed E-state index contributed by atoms with van der Waals surface area (Å²) in [5.74, 6) is -2.05. The number of phenolic OH excluding ortho intramolecular Hbond substituents is 1. The Labute approximate surface area is 221 Å². The number of nitrogens with zero attached hydrogens (tertiary/aromatic N) is 1. The van der Waals surface area contributed by atoms with Crippen LogP contribution in [-0.4, -0.2) is 76.0 Å². The summed E-state index contributed by atoms with van der Waals surface area (Å²) in [7, 11) is 0. The molecule has 0 aliphatic carbocycles. The van der Waals surface area contributed by atoms with Crippen LogP contribution >= 0.6 is 0 Å². The van der Waals surface area contributed by atoms with Gasteiger partial charge in [0.1, 0.15) is 18.0 Å². The van der Waals surface area contributed by atoms with E-state index in [4.69, 9.17) is 4.74 Å². The van der Waals surface area contributed by atoms with Crippen LogP contribution in [0.25, 0.3) is 0 Å². The molecule has 7 unspecified atom stereocenters. The lowest BCUT2D eigenvalue weighted by Gasteiger charge is -2.38. The van der Waals surface area contributed by atoms with Crippen LogP contribution in [0.1, 0.15) is 42.6 Å². The lowest BCUT2D eigenvalue weighted by molar-refractivity contribution is -0.142. The molecule has 0 saturated carbocycles. The summed E-state index contributed by atoms with van der Waals surface area (Å²) in [6.07, 6.45) is 3.09. The second-order valence-corrected chi connectivity index (χ2v) is 10.0. The van der Waals surface area contributed by atoms with Crippen LogP contribution in [0.2, 0.25) is 0 Å². The Balaban J connectivity index is 1.63. The number of aliphatic hydroxyl groups excluding tert-OH is 1. The number of aromatic hydroxyl groups is 1. The van der Waals surface area contributed by atoms with Gasteiger partial charge in [-0.25, -0.2) is 0 Å². The predicted molar refractivity (Wildman–Crippen MR) is 138 cm³/mol. The van der Waals surface area contributed by atoms with Gasteiger partial charge in [0.2, 0.25) is 11.8 Å². The molecule has 11 nitrogen and oxygen atoms in total. The first-order chi connectivity index (χ1) is 18.2. The Bertz CT molecular complexity index is 1130. The number of hydrogen-bond acceptors (Lipinski definition) is 8. The predicted octanol–water partition coefficient (Wildman–Crippen LogP) is 0.223. The number of benzene rings is 1. The quantitative estimate of drug-likeness (QED) is 0.323. The van der Waals surface area contributed by atoms with Gasteiger partial charge in [-0.05, 0) is 49.9 Å². The number of phenols is 1. The first kappa shape index (κ1) is 27.5. The molecule has 1 aromatic carbocycles. The molecule has 0 spiro atoms. The maximum Gasteiger partial charge on any atom is 0.255 e. The van der Waals surface area contributed by atoms with Gasteiger partial charge < -0.3 is 30.9 Å². The zero-order chi connectivity index (χ0) is 27.2. The van der Waals surface area contributed by atoms with Crippen molar-refractivity contribution in [1.82, 2.24) is 26.3 Å². The number of aliphatic hydroxyl groups is 1. The highest BCUT2D eigenvalue weighted by Gasteiger charge is 2.39. The first-order valence-corrected chi connectivity index (χ1v) is 12.9. The molecule has 3 heterocycles. The van der Waals surface area contributed by atoms with Crippen molar-refractivity contribution >= 4 is 17.7 Å². The average Bonchev–Trinajstić information content (AvgIpc) is 2.85. The molecule has 0 bridgehead atoms. The second kappa shape index (κ2) is 12.3. The largest absolute Gasteiger partial charge is 0.507 e. The molecule has 2 aromatic rings. The number of amides is 3. The molecule has 2 aliphatic heterocycles. The van der Waals surface area contributed by atoms with E-state index in [0.717, 1.165) is 5.56 Å². The van der Waals surface area contributed by atoms with E-state index in [1.54, 1.807) is 38.4 Å². The van der Waals surface area contributed by atoms with Crippen LogP contribution in [-0.2, 0) is 20.7 Å². The topological polar surface area (TPSA) is 162 Å². The van der Waals surface area contributed by atoms with Crippen LogP contribution < -0.4 is 21.3 Å². The van der Waals surface area contributed by atoms with Gasteiger partial charge in [-0.2, -0.15) is 0 Å². The average molecular weight is 526 g/mol. The second-order valence-electron chi connectivity index (χ2n) is 10.0. The fourth-order valence-electron chi connectivity index (χ4n) is 4.81. The number of nitrogens with one attached hydrogen (secondary N) is 4. The minimum absolute atomic E-state index is 0.0397. The summed E-state index contributed by atoms with van der Waals surface area (Å²) in [5, 5.41) is 33.1. The fourth-order valence-corrected chi connectivity index (χ4v) is 4.81. The Kier molecular flexibility index (Phi) is 8.93. The smallest absolute Gasteiger partial charge is 0.255 e. The van der Waals surface area contributed by atoms with Crippen molar-refractivity contribution in [3.05, 3.63) is 59.9 Å². The lowest BCUT2D eigenvalue weighted by atomic mass is 9.93. The van der Waals surface area contributed by atoms with E-state index in [-0.39, 0.29) is 23.3 Å². The van der Waals surface area contributed by atoms with Crippen molar-refractivity contribution in [2.75, 3.05) is 6.61 Å². The summed E-state index contributed by atoms with van der Waals surface area (Å²) in [4.78, 5) is 43.5. The minimum Gasteiger partial charge on any atom is -0.507 e. The van der Waals surface area contributed by atoms with Gasteiger partial charge in [0.05, 0.1) is 23.8 Å². The van der Waals surface area contributed by atoms with E-state index in [1.807, 2.05) is 12.1 Å². The Morgan fingerprint density at radius 1 is 1.13 bits per heavy atom. The van der Waals surface area contributed by atoms with Gasteiger partial charge in [0, 0.05) is 31.0 Å². The number of pyridine rings is 1. The standard InChI is InChI=1S/C27H35N5O6/c1-15-12-18(13-17-6-5-10-28-14-17)30-26(36)22(31-25(35)19-7-3-4-8-20(19)33)16(2)29-27(37)23(32-24(15)34)21-9-11-38-21/h3-8,10,14-16,18,21-23,26,30,33,36H,9,11-13H2,1-2H3,(H,29,37)(H,31,35)(H,32,34). The number of rotatable bonds is 5. The Morgan fingerprint density at radius 3 is 2.55 bits per heavy atom. The molecule has 7 atom stereocenters. The maximum atomic E-state index is 13.2. The summed E-state index contributed by atoms with van der Waals surface area (Å²) in [6, 6.07) is 6.81. The number of carbonyl (C=O) groups excluding carboxylic acids is 3. The van der Waals surface area contributed by atoms with Gasteiger partial charge in [0.15, 0.2) is 0 Å². The third-order valence-electron chi connectivity index (χ3n) is 7.08. The van der Waals surface area contributed by atoms with Crippen LogP contribution in [0.5, 0.6) is 5.75 Å². The van der Waals surface area contributed by atoms with Crippen LogP contribution in [0.3, 0.4) is 0 Å². The fraction of sp³-hybridized carbons (Fsp3) is 0.481. The van der Waals surface area contributed by atoms with Crippen molar-refractivity contribution in [3.63, 3.8) is 0 Å². The van der Waals surface area contributed by atoms with Gasteiger partial charge in [-0.1, -0.05) is 25.1 Å². The van der Waals surface area contributed by atoms with E-state index >= 15 is 0 Å². The zero-order valence-corrected chi connectivity index (χ0v) is 21.5. The van der Waals surface area contributed by atoms with E-state index < -0.39 is 48.2 Å². The van der Waals surface area contributed by atoms with Gasteiger partial charge in [-0.15, -0.1) is 0 Å².